The van der Waals surface area contributed by atoms with Crippen molar-refractivity contribution in [3.63, 3.8) is 0 Å². The number of piperidine rings is 1. The third kappa shape index (κ3) is 2.77. The molecule has 20 heavy (non-hydrogen) atoms. The standard InChI is InChI=1S/C13H18ClFN2O2S/c1-8-3-4-17(9(2)5-8)20(18,19)12-7-10(16)6-11(14)13(12)15/h6-9H,3-5,16H2,1-2H3. The van der Waals surface area contributed by atoms with E-state index in [0.717, 1.165) is 18.9 Å². The summed E-state index contributed by atoms with van der Waals surface area (Å²) < 4.78 is 40.6. The van der Waals surface area contributed by atoms with Gasteiger partial charge in [-0.2, -0.15) is 4.31 Å². The van der Waals surface area contributed by atoms with Gasteiger partial charge in [-0.1, -0.05) is 18.5 Å². The number of rotatable bonds is 2. The molecule has 1 aliphatic heterocycles. The third-order valence-electron chi connectivity index (χ3n) is 3.68. The molecule has 1 aromatic rings. The summed E-state index contributed by atoms with van der Waals surface area (Å²) in [7, 11) is -3.92. The molecule has 1 saturated heterocycles. The summed E-state index contributed by atoms with van der Waals surface area (Å²) in [5.74, 6) is -0.475. The van der Waals surface area contributed by atoms with Gasteiger partial charge in [-0.15, -0.1) is 0 Å². The quantitative estimate of drug-likeness (QED) is 0.852. The summed E-state index contributed by atoms with van der Waals surface area (Å²) in [5, 5.41) is -0.276. The van der Waals surface area contributed by atoms with Gasteiger partial charge in [0.25, 0.3) is 0 Å². The highest BCUT2D eigenvalue weighted by Gasteiger charge is 2.35. The summed E-state index contributed by atoms with van der Waals surface area (Å²) in [5.41, 5.74) is 5.71. The van der Waals surface area contributed by atoms with Crippen LogP contribution in [0.15, 0.2) is 17.0 Å². The van der Waals surface area contributed by atoms with Gasteiger partial charge in [0.05, 0.1) is 5.02 Å². The molecule has 1 heterocycles. The first-order chi connectivity index (χ1) is 9.23. The molecule has 0 bridgehead atoms. The highest BCUT2D eigenvalue weighted by atomic mass is 35.5. The molecular weight excluding hydrogens is 303 g/mol. The number of nitrogen functional groups attached to an aromatic ring is 1. The average molecular weight is 321 g/mol. The molecule has 2 atom stereocenters. The molecule has 2 rings (SSSR count). The number of benzene rings is 1. The molecule has 0 spiro atoms. The normalized spacial score (nSPS) is 24.8. The molecule has 4 nitrogen and oxygen atoms in total. The molecule has 0 saturated carbocycles. The Balaban J connectivity index is 2.46. The van der Waals surface area contributed by atoms with Gasteiger partial charge < -0.3 is 5.73 Å². The van der Waals surface area contributed by atoms with Crippen molar-refractivity contribution in [2.24, 2.45) is 5.92 Å². The van der Waals surface area contributed by atoms with Crippen molar-refractivity contribution >= 4 is 27.3 Å². The van der Waals surface area contributed by atoms with Crippen LogP contribution >= 0.6 is 11.6 Å². The Morgan fingerprint density at radius 3 is 2.65 bits per heavy atom. The van der Waals surface area contributed by atoms with Gasteiger partial charge in [0.2, 0.25) is 10.0 Å². The second kappa shape index (κ2) is 5.50. The SMILES string of the molecule is CC1CCN(S(=O)(=O)c2cc(N)cc(Cl)c2F)C(C)C1. The number of hydrogen-bond donors (Lipinski definition) is 1. The van der Waals surface area contributed by atoms with E-state index in [1.54, 1.807) is 0 Å². The first-order valence-corrected chi connectivity index (χ1v) is 8.31. The topological polar surface area (TPSA) is 63.4 Å². The van der Waals surface area contributed by atoms with Crippen LogP contribution in [-0.2, 0) is 10.0 Å². The van der Waals surface area contributed by atoms with Crippen molar-refractivity contribution in [3.8, 4) is 0 Å². The average Bonchev–Trinajstić information content (AvgIpc) is 2.33. The number of anilines is 1. The summed E-state index contributed by atoms with van der Waals surface area (Å²) in [6, 6.07) is 2.17. The summed E-state index contributed by atoms with van der Waals surface area (Å²) in [6.45, 7) is 4.30. The number of sulfonamides is 1. The summed E-state index contributed by atoms with van der Waals surface area (Å²) >= 11 is 5.69. The van der Waals surface area contributed by atoms with E-state index in [1.165, 1.54) is 10.4 Å². The Bertz CT molecular complexity index is 621. The van der Waals surface area contributed by atoms with Crippen LogP contribution in [0.5, 0.6) is 0 Å². The number of nitrogens with two attached hydrogens (primary N) is 1. The molecule has 2 unspecified atom stereocenters. The van der Waals surface area contributed by atoms with E-state index in [1.807, 2.05) is 6.92 Å². The molecule has 0 aliphatic carbocycles. The van der Waals surface area contributed by atoms with Crippen LogP contribution in [0.4, 0.5) is 10.1 Å². The fourth-order valence-corrected chi connectivity index (χ4v) is 4.70. The van der Waals surface area contributed by atoms with Crippen LogP contribution < -0.4 is 5.73 Å². The maximum absolute atomic E-state index is 14.0. The molecule has 7 heteroatoms. The second-order valence-electron chi connectivity index (χ2n) is 5.41. The molecule has 0 aromatic heterocycles. The molecule has 0 radical (unpaired) electrons. The zero-order chi connectivity index (χ0) is 15.1. The highest BCUT2D eigenvalue weighted by molar-refractivity contribution is 7.89. The van der Waals surface area contributed by atoms with Gasteiger partial charge in [0.1, 0.15) is 4.90 Å². The van der Waals surface area contributed by atoms with Gasteiger partial charge in [0, 0.05) is 18.3 Å². The van der Waals surface area contributed by atoms with Crippen molar-refractivity contribution in [2.45, 2.75) is 37.6 Å². The zero-order valence-electron chi connectivity index (χ0n) is 11.4. The van der Waals surface area contributed by atoms with Crippen molar-refractivity contribution in [1.29, 1.82) is 0 Å². The summed E-state index contributed by atoms with van der Waals surface area (Å²) in [6.07, 6.45) is 1.53. The second-order valence-corrected chi connectivity index (χ2v) is 7.68. The fourth-order valence-electron chi connectivity index (χ4n) is 2.64. The minimum absolute atomic E-state index is 0.132. The largest absolute Gasteiger partial charge is 0.399 e. The van der Waals surface area contributed by atoms with Crippen LogP contribution in [0.2, 0.25) is 5.02 Å². The monoisotopic (exact) mass is 320 g/mol. The van der Waals surface area contributed by atoms with E-state index < -0.39 is 20.7 Å². The number of nitrogens with zero attached hydrogens (tertiary/aromatic N) is 1. The van der Waals surface area contributed by atoms with Crippen LogP contribution in [0.3, 0.4) is 0 Å². The molecule has 0 amide bonds. The van der Waals surface area contributed by atoms with Gasteiger partial charge in [-0.05, 0) is 37.8 Å². The minimum Gasteiger partial charge on any atom is -0.399 e. The van der Waals surface area contributed by atoms with Crippen LogP contribution in [0.1, 0.15) is 26.7 Å². The van der Waals surface area contributed by atoms with Crippen molar-refractivity contribution < 1.29 is 12.8 Å². The lowest BCUT2D eigenvalue weighted by molar-refractivity contribution is 0.219. The van der Waals surface area contributed by atoms with Gasteiger partial charge in [0.15, 0.2) is 5.82 Å². The van der Waals surface area contributed by atoms with Gasteiger partial charge in [-0.3, -0.25) is 0 Å². The zero-order valence-corrected chi connectivity index (χ0v) is 13.0. The van der Waals surface area contributed by atoms with Crippen molar-refractivity contribution in [3.05, 3.63) is 23.0 Å². The number of hydrogen-bond acceptors (Lipinski definition) is 3. The Morgan fingerprint density at radius 2 is 2.05 bits per heavy atom. The Morgan fingerprint density at radius 1 is 1.40 bits per heavy atom. The predicted octanol–water partition coefficient (Wildman–Crippen LogP) is 2.87. The minimum atomic E-state index is -3.92. The van der Waals surface area contributed by atoms with Crippen molar-refractivity contribution in [2.75, 3.05) is 12.3 Å². The summed E-state index contributed by atoms with van der Waals surface area (Å²) in [4.78, 5) is -0.441. The molecular formula is C13H18ClFN2O2S. The number of halogens is 2. The van der Waals surface area contributed by atoms with Gasteiger partial charge >= 0.3 is 0 Å². The Kier molecular flexibility index (Phi) is 4.27. The molecule has 1 fully saturated rings. The smallest absolute Gasteiger partial charge is 0.246 e. The third-order valence-corrected chi connectivity index (χ3v) is 5.97. The van der Waals surface area contributed by atoms with Crippen molar-refractivity contribution in [1.82, 2.24) is 4.31 Å². The van der Waals surface area contributed by atoms with Crippen LogP contribution in [-0.4, -0.2) is 25.3 Å². The van der Waals surface area contributed by atoms with E-state index in [4.69, 9.17) is 17.3 Å². The molecule has 2 N–H and O–H groups in total. The molecule has 1 aliphatic rings. The van der Waals surface area contributed by atoms with E-state index in [2.05, 4.69) is 6.92 Å². The lowest BCUT2D eigenvalue weighted by Crippen LogP contribution is -2.44. The van der Waals surface area contributed by atoms with E-state index in [9.17, 15) is 12.8 Å². The van der Waals surface area contributed by atoms with Crippen LogP contribution in [0.25, 0.3) is 0 Å². The highest BCUT2D eigenvalue weighted by Crippen LogP contribution is 2.32. The fraction of sp³-hybridized carbons (Fsp3) is 0.538. The van der Waals surface area contributed by atoms with Gasteiger partial charge in [-0.25, -0.2) is 12.8 Å². The Hall–Kier alpha value is -0.850. The van der Waals surface area contributed by atoms with E-state index >= 15 is 0 Å². The van der Waals surface area contributed by atoms with E-state index in [0.29, 0.717) is 12.5 Å². The lowest BCUT2D eigenvalue weighted by atomic mass is 9.95. The maximum Gasteiger partial charge on any atom is 0.246 e. The van der Waals surface area contributed by atoms with Crippen LogP contribution in [0, 0.1) is 11.7 Å². The molecule has 112 valence electrons. The maximum atomic E-state index is 14.0. The first kappa shape index (κ1) is 15.5. The lowest BCUT2D eigenvalue weighted by Gasteiger charge is -2.35. The predicted molar refractivity (Wildman–Crippen MR) is 77.6 cm³/mol. The molecule has 1 aromatic carbocycles. The first-order valence-electron chi connectivity index (χ1n) is 6.50. The van der Waals surface area contributed by atoms with E-state index in [-0.39, 0.29) is 16.8 Å². The Labute approximate surface area is 123 Å².